The predicted octanol–water partition coefficient (Wildman–Crippen LogP) is 7.96. The fourth-order valence-corrected chi connectivity index (χ4v) is 4.68. The van der Waals surface area contributed by atoms with Crippen LogP contribution in [0.5, 0.6) is 0 Å². The minimum atomic E-state index is 0.194. The van der Waals surface area contributed by atoms with Crippen molar-refractivity contribution < 1.29 is 0 Å². The molecule has 0 N–H and O–H groups in total. The average molecular weight is 409 g/mol. The Morgan fingerprint density at radius 1 is 0.581 bits per heavy atom. The molecular formula is C31H36. The second-order valence-corrected chi connectivity index (χ2v) is 10.4. The number of fused-ring (bicyclic) bond motifs is 4. The molecule has 1 aliphatic rings. The van der Waals surface area contributed by atoms with Crippen LogP contribution in [0, 0.1) is 20.8 Å². The van der Waals surface area contributed by atoms with E-state index in [0.29, 0.717) is 0 Å². The summed E-state index contributed by atoms with van der Waals surface area (Å²) in [4.78, 5) is 0. The van der Waals surface area contributed by atoms with Gasteiger partial charge in [-0.1, -0.05) is 87.0 Å². The molecule has 160 valence electrons. The van der Waals surface area contributed by atoms with Gasteiger partial charge >= 0.3 is 0 Å². The van der Waals surface area contributed by atoms with E-state index in [1.807, 2.05) is 0 Å². The van der Waals surface area contributed by atoms with Crippen LogP contribution in [0.4, 0.5) is 0 Å². The van der Waals surface area contributed by atoms with E-state index in [1.54, 1.807) is 0 Å². The summed E-state index contributed by atoms with van der Waals surface area (Å²) in [5, 5.41) is 0. The Labute approximate surface area is 189 Å². The Morgan fingerprint density at radius 3 is 1.45 bits per heavy atom. The summed E-state index contributed by atoms with van der Waals surface area (Å²) in [6.07, 6.45) is 8.98. The van der Waals surface area contributed by atoms with Gasteiger partial charge in [-0.15, -0.1) is 0 Å². The van der Waals surface area contributed by atoms with E-state index in [1.165, 1.54) is 55.6 Å². The number of rotatable bonds is 2. The second-order valence-electron chi connectivity index (χ2n) is 10.4. The van der Waals surface area contributed by atoms with Crippen LogP contribution in [0.3, 0.4) is 0 Å². The maximum atomic E-state index is 2.47. The van der Waals surface area contributed by atoms with Gasteiger partial charge in [0, 0.05) is 0 Å². The molecular weight excluding hydrogens is 372 g/mol. The maximum Gasteiger partial charge on any atom is -0.0132 e. The summed E-state index contributed by atoms with van der Waals surface area (Å²) in [5.41, 5.74) is 14.6. The van der Waals surface area contributed by atoms with Crippen LogP contribution in [0.1, 0.15) is 76.4 Å². The van der Waals surface area contributed by atoms with Gasteiger partial charge in [-0.2, -0.15) is 0 Å². The van der Waals surface area contributed by atoms with Crippen LogP contribution >= 0.6 is 0 Å². The van der Waals surface area contributed by atoms with Gasteiger partial charge < -0.3 is 0 Å². The standard InChI is InChI=1S/C31H36/c1-21-7-9-24(10-8-21)11-12-25-17-26-13-15-28-19-30(31(4,5)6)20-29(23(28)3)16-14-27(18-25)22(26)2/h7-12,17-20H,13-16H2,1-6H3/b12-11-. The van der Waals surface area contributed by atoms with Gasteiger partial charge in [0.1, 0.15) is 0 Å². The fourth-order valence-electron chi connectivity index (χ4n) is 4.68. The van der Waals surface area contributed by atoms with E-state index in [2.05, 4.69) is 102 Å². The van der Waals surface area contributed by atoms with E-state index in [4.69, 9.17) is 0 Å². The first-order chi connectivity index (χ1) is 14.7. The molecule has 0 fully saturated rings. The van der Waals surface area contributed by atoms with Crippen molar-refractivity contribution in [2.75, 3.05) is 0 Å². The Morgan fingerprint density at radius 2 is 1.00 bits per heavy atom. The van der Waals surface area contributed by atoms with E-state index in [9.17, 15) is 0 Å². The monoisotopic (exact) mass is 408 g/mol. The average Bonchev–Trinajstić information content (AvgIpc) is 2.72. The first-order valence-electron chi connectivity index (χ1n) is 11.7. The summed E-state index contributed by atoms with van der Waals surface area (Å²) in [6, 6.07) is 18.5. The van der Waals surface area contributed by atoms with Crippen LogP contribution in [0.2, 0.25) is 0 Å². The predicted molar refractivity (Wildman–Crippen MR) is 136 cm³/mol. The van der Waals surface area contributed by atoms with Crippen molar-refractivity contribution in [1.29, 1.82) is 0 Å². The van der Waals surface area contributed by atoms with Gasteiger partial charge in [-0.3, -0.25) is 0 Å². The lowest BCUT2D eigenvalue weighted by molar-refractivity contribution is 0.587. The highest BCUT2D eigenvalue weighted by Gasteiger charge is 2.19. The topological polar surface area (TPSA) is 0 Å². The molecule has 0 saturated heterocycles. The molecule has 0 unspecified atom stereocenters. The molecule has 0 amide bonds. The van der Waals surface area contributed by atoms with Gasteiger partial charge in [-0.25, -0.2) is 0 Å². The molecule has 31 heavy (non-hydrogen) atoms. The summed E-state index contributed by atoms with van der Waals surface area (Å²) >= 11 is 0. The lowest BCUT2D eigenvalue weighted by Gasteiger charge is -2.25. The van der Waals surface area contributed by atoms with E-state index >= 15 is 0 Å². The van der Waals surface area contributed by atoms with E-state index in [0.717, 1.165) is 25.7 Å². The Balaban J connectivity index is 1.69. The largest absolute Gasteiger partial charge is 0.0587 e. The Hall–Kier alpha value is -2.60. The van der Waals surface area contributed by atoms with E-state index in [-0.39, 0.29) is 5.41 Å². The molecule has 0 aliphatic heterocycles. The van der Waals surface area contributed by atoms with Crippen LogP contribution < -0.4 is 0 Å². The Bertz CT molecular complexity index is 1070. The molecule has 4 bridgehead atoms. The number of benzene rings is 3. The molecule has 0 atom stereocenters. The second kappa shape index (κ2) is 8.50. The van der Waals surface area contributed by atoms with Crippen LogP contribution in [-0.2, 0) is 31.1 Å². The molecule has 0 nitrogen and oxygen atoms in total. The highest BCUT2D eigenvalue weighted by molar-refractivity contribution is 5.70. The van der Waals surface area contributed by atoms with Crippen molar-refractivity contribution in [2.24, 2.45) is 0 Å². The lowest BCUT2D eigenvalue weighted by Crippen LogP contribution is -2.14. The number of hydrogen-bond acceptors (Lipinski definition) is 0. The molecule has 0 saturated carbocycles. The summed E-state index contributed by atoms with van der Waals surface area (Å²) in [7, 11) is 0. The van der Waals surface area contributed by atoms with Crippen molar-refractivity contribution >= 4 is 12.2 Å². The van der Waals surface area contributed by atoms with Gasteiger partial charge in [0.05, 0.1) is 0 Å². The molecule has 1 aliphatic carbocycles. The van der Waals surface area contributed by atoms with Gasteiger partial charge in [0.15, 0.2) is 0 Å². The van der Waals surface area contributed by atoms with Crippen molar-refractivity contribution in [1.82, 2.24) is 0 Å². The number of hydrogen-bond donors (Lipinski definition) is 0. The van der Waals surface area contributed by atoms with Crippen molar-refractivity contribution in [3.63, 3.8) is 0 Å². The lowest BCUT2D eigenvalue weighted by atomic mass is 9.80. The van der Waals surface area contributed by atoms with Gasteiger partial charge in [0.2, 0.25) is 0 Å². The third-order valence-corrected chi connectivity index (χ3v) is 7.01. The van der Waals surface area contributed by atoms with Crippen LogP contribution in [0.25, 0.3) is 12.2 Å². The maximum absolute atomic E-state index is 2.47. The first-order valence-corrected chi connectivity index (χ1v) is 11.7. The molecule has 3 aromatic carbocycles. The van der Waals surface area contributed by atoms with Crippen molar-refractivity contribution in [3.05, 3.63) is 104 Å². The fraction of sp³-hybridized carbons (Fsp3) is 0.355. The quantitative estimate of drug-likeness (QED) is 0.377. The minimum Gasteiger partial charge on any atom is -0.0587 e. The zero-order valence-electron chi connectivity index (χ0n) is 20.1. The molecule has 0 heterocycles. The number of aryl methyl sites for hydroxylation is 5. The zero-order chi connectivity index (χ0) is 22.2. The molecule has 0 heteroatoms. The smallest absolute Gasteiger partial charge is 0.0132 e. The van der Waals surface area contributed by atoms with Gasteiger partial charge in [-0.05, 0) is 102 Å². The molecule has 0 spiro atoms. The van der Waals surface area contributed by atoms with Gasteiger partial charge in [0.25, 0.3) is 0 Å². The first kappa shape index (κ1) is 21.6. The summed E-state index contributed by atoms with van der Waals surface area (Å²) in [5.74, 6) is 0. The third-order valence-electron chi connectivity index (χ3n) is 7.01. The highest BCUT2D eigenvalue weighted by atomic mass is 14.2. The van der Waals surface area contributed by atoms with E-state index < -0.39 is 0 Å². The van der Waals surface area contributed by atoms with Crippen molar-refractivity contribution in [3.8, 4) is 0 Å². The molecule has 3 aromatic rings. The zero-order valence-corrected chi connectivity index (χ0v) is 20.1. The summed E-state index contributed by atoms with van der Waals surface area (Å²) in [6.45, 7) is 13.8. The SMILES string of the molecule is Cc1ccc(/C=C\c2cc3c(C)c(c2)CCc2cc(C(C)(C)C)cc(c2C)CC3)cc1. The van der Waals surface area contributed by atoms with Crippen LogP contribution in [0.15, 0.2) is 48.5 Å². The van der Waals surface area contributed by atoms with Crippen molar-refractivity contribution in [2.45, 2.75) is 72.6 Å². The molecule has 0 radical (unpaired) electrons. The Kier molecular flexibility index (Phi) is 5.93. The summed E-state index contributed by atoms with van der Waals surface area (Å²) < 4.78 is 0. The van der Waals surface area contributed by atoms with Crippen LogP contribution in [-0.4, -0.2) is 0 Å². The normalized spacial score (nSPS) is 14.1. The minimum absolute atomic E-state index is 0.194. The molecule has 0 aromatic heterocycles. The molecule has 4 rings (SSSR count). The highest BCUT2D eigenvalue weighted by Crippen LogP contribution is 2.31. The third kappa shape index (κ3) is 4.85.